The van der Waals surface area contributed by atoms with Gasteiger partial charge in [-0.2, -0.15) is 5.26 Å². The molecule has 0 atom stereocenters. The zero-order chi connectivity index (χ0) is 11.1. The Bertz CT molecular complexity index is 246. The van der Waals surface area contributed by atoms with Crippen molar-refractivity contribution >= 4 is 5.91 Å². The van der Waals surface area contributed by atoms with Crippen LogP contribution in [-0.2, 0) is 14.3 Å². The Hall–Kier alpha value is -1.12. The van der Waals surface area contributed by atoms with Crippen LogP contribution >= 0.6 is 0 Å². The summed E-state index contributed by atoms with van der Waals surface area (Å²) >= 11 is 0. The van der Waals surface area contributed by atoms with Gasteiger partial charge in [-0.15, -0.1) is 0 Å². The van der Waals surface area contributed by atoms with Crippen LogP contribution in [0.3, 0.4) is 0 Å². The van der Waals surface area contributed by atoms with Crippen molar-refractivity contribution in [1.82, 2.24) is 4.90 Å². The van der Waals surface area contributed by atoms with E-state index in [1.165, 1.54) is 0 Å². The van der Waals surface area contributed by atoms with Gasteiger partial charge in [0.2, 0.25) is 5.91 Å². The van der Waals surface area contributed by atoms with Gasteiger partial charge in [0.1, 0.15) is 6.10 Å². The van der Waals surface area contributed by atoms with Crippen molar-refractivity contribution in [2.45, 2.75) is 18.9 Å². The molecule has 1 fully saturated rings. The average molecular weight is 212 g/mol. The van der Waals surface area contributed by atoms with Gasteiger partial charge in [0.15, 0.2) is 0 Å². The minimum absolute atomic E-state index is 0.0190. The highest BCUT2D eigenvalue weighted by Crippen LogP contribution is 2.05. The van der Waals surface area contributed by atoms with Crippen molar-refractivity contribution in [1.29, 1.82) is 5.26 Å². The molecule has 0 saturated carbocycles. The second-order valence-corrected chi connectivity index (χ2v) is 3.50. The molecule has 0 aliphatic carbocycles. The molecule has 0 aromatic carbocycles. The number of ether oxygens (including phenoxy) is 2. The van der Waals surface area contributed by atoms with Gasteiger partial charge in [-0.05, 0) is 0 Å². The van der Waals surface area contributed by atoms with Gasteiger partial charge in [-0.1, -0.05) is 0 Å². The lowest BCUT2D eigenvalue weighted by Crippen LogP contribution is -2.37. The molecule has 0 radical (unpaired) electrons. The standard InChI is InChI=1S/C10H16N2O3/c1-12(5-2-4-11)10(13)3-6-15-9-7-14-8-9/h9H,2-3,5-8H2,1H3. The second-order valence-electron chi connectivity index (χ2n) is 3.50. The highest BCUT2D eigenvalue weighted by atomic mass is 16.6. The zero-order valence-electron chi connectivity index (χ0n) is 8.94. The van der Waals surface area contributed by atoms with E-state index >= 15 is 0 Å². The largest absolute Gasteiger partial charge is 0.376 e. The Morgan fingerprint density at radius 1 is 1.67 bits per heavy atom. The number of hydrogen-bond acceptors (Lipinski definition) is 4. The van der Waals surface area contributed by atoms with E-state index < -0.39 is 0 Å². The van der Waals surface area contributed by atoms with E-state index in [2.05, 4.69) is 0 Å². The third-order valence-corrected chi connectivity index (χ3v) is 2.26. The second kappa shape index (κ2) is 6.38. The summed E-state index contributed by atoms with van der Waals surface area (Å²) in [5, 5.41) is 8.36. The first-order chi connectivity index (χ1) is 7.24. The molecule has 0 N–H and O–H groups in total. The van der Waals surface area contributed by atoms with Crippen LogP contribution in [0.4, 0.5) is 0 Å². The first-order valence-electron chi connectivity index (χ1n) is 5.04. The summed E-state index contributed by atoms with van der Waals surface area (Å²) in [7, 11) is 1.70. The fourth-order valence-electron chi connectivity index (χ4n) is 1.16. The van der Waals surface area contributed by atoms with Crippen molar-refractivity contribution in [3.63, 3.8) is 0 Å². The highest BCUT2D eigenvalue weighted by molar-refractivity contribution is 5.75. The van der Waals surface area contributed by atoms with Gasteiger partial charge in [-0.25, -0.2) is 0 Å². The molecule has 0 unspecified atom stereocenters. The lowest BCUT2D eigenvalue weighted by atomic mass is 10.3. The van der Waals surface area contributed by atoms with Gasteiger partial charge in [0.25, 0.3) is 0 Å². The molecule has 84 valence electrons. The van der Waals surface area contributed by atoms with Crippen molar-refractivity contribution in [2.75, 3.05) is 33.4 Å². The Labute approximate surface area is 89.6 Å². The van der Waals surface area contributed by atoms with Gasteiger partial charge >= 0.3 is 0 Å². The molecule has 1 saturated heterocycles. The van der Waals surface area contributed by atoms with E-state index in [-0.39, 0.29) is 12.0 Å². The molecule has 1 aliphatic heterocycles. The maximum atomic E-state index is 11.4. The van der Waals surface area contributed by atoms with Crippen LogP contribution in [0.1, 0.15) is 12.8 Å². The maximum Gasteiger partial charge on any atom is 0.224 e. The molecule has 0 aromatic rings. The van der Waals surface area contributed by atoms with Gasteiger partial charge in [0.05, 0.1) is 38.7 Å². The molecule has 1 rings (SSSR count). The monoisotopic (exact) mass is 212 g/mol. The number of carbonyl (C=O) groups excluding carboxylic acids is 1. The van der Waals surface area contributed by atoms with Crippen molar-refractivity contribution < 1.29 is 14.3 Å². The lowest BCUT2D eigenvalue weighted by molar-refractivity contribution is -0.142. The molecule has 1 heterocycles. The summed E-state index contributed by atoms with van der Waals surface area (Å²) in [5.74, 6) is 0.0190. The summed E-state index contributed by atoms with van der Waals surface area (Å²) in [5.41, 5.74) is 0. The number of hydrogen-bond donors (Lipinski definition) is 0. The Morgan fingerprint density at radius 2 is 2.40 bits per heavy atom. The first-order valence-corrected chi connectivity index (χ1v) is 5.04. The maximum absolute atomic E-state index is 11.4. The van der Waals surface area contributed by atoms with E-state index in [0.717, 1.165) is 0 Å². The van der Waals surface area contributed by atoms with E-state index in [1.54, 1.807) is 11.9 Å². The summed E-state index contributed by atoms with van der Waals surface area (Å²) in [6, 6.07) is 2.00. The summed E-state index contributed by atoms with van der Waals surface area (Å²) < 4.78 is 10.3. The van der Waals surface area contributed by atoms with Crippen LogP contribution in [0.25, 0.3) is 0 Å². The average Bonchev–Trinajstić information content (AvgIpc) is 2.17. The van der Waals surface area contributed by atoms with Crippen molar-refractivity contribution in [2.24, 2.45) is 0 Å². The van der Waals surface area contributed by atoms with Crippen LogP contribution in [-0.4, -0.2) is 50.3 Å². The molecule has 0 aromatic heterocycles. The van der Waals surface area contributed by atoms with Gasteiger partial charge in [0, 0.05) is 13.6 Å². The van der Waals surface area contributed by atoms with E-state index in [1.807, 2.05) is 6.07 Å². The first kappa shape index (κ1) is 12.0. The minimum Gasteiger partial charge on any atom is -0.376 e. The van der Waals surface area contributed by atoms with Crippen molar-refractivity contribution in [3.05, 3.63) is 0 Å². The number of rotatable bonds is 6. The van der Waals surface area contributed by atoms with Crippen LogP contribution < -0.4 is 0 Å². The zero-order valence-corrected chi connectivity index (χ0v) is 8.94. The van der Waals surface area contributed by atoms with Crippen LogP contribution in [0.2, 0.25) is 0 Å². The molecular formula is C10H16N2O3. The number of nitriles is 1. The normalized spacial score (nSPS) is 15.5. The van der Waals surface area contributed by atoms with Gasteiger partial charge in [-0.3, -0.25) is 4.79 Å². The van der Waals surface area contributed by atoms with E-state index in [9.17, 15) is 4.79 Å². The molecule has 5 heteroatoms. The molecule has 0 bridgehead atoms. The highest BCUT2D eigenvalue weighted by Gasteiger charge is 2.19. The number of carbonyl (C=O) groups is 1. The topological polar surface area (TPSA) is 62.6 Å². The fourth-order valence-corrected chi connectivity index (χ4v) is 1.16. The van der Waals surface area contributed by atoms with E-state index in [0.29, 0.717) is 39.2 Å². The number of nitrogens with zero attached hydrogens (tertiary/aromatic N) is 2. The Kier molecular flexibility index (Phi) is 5.08. The SMILES string of the molecule is CN(CCC#N)C(=O)CCOC1COC1. The number of amides is 1. The van der Waals surface area contributed by atoms with Crippen LogP contribution in [0.5, 0.6) is 0 Å². The van der Waals surface area contributed by atoms with Crippen molar-refractivity contribution in [3.8, 4) is 6.07 Å². The molecule has 1 amide bonds. The minimum atomic E-state index is 0.0190. The Morgan fingerprint density at radius 3 is 2.93 bits per heavy atom. The predicted molar refractivity (Wildman–Crippen MR) is 53.0 cm³/mol. The van der Waals surface area contributed by atoms with Crippen LogP contribution in [0.15, 0.2) is 0 Å². The summed E-state index contributed by atoms with van der Waals surface area (Å²) in [6.07, 6.45) is 0.917. The van der Waals surface area contributed by atoms with E-state index in [4.69, 9.17) is 14.7 Å². The predicted octanol–water partition coefficient (Wildman–Crippen LogP) is 0.164. The molecule has 15 heavy (non-hydrogen) atoms. The molecule has 1 aliphatic rings. The fraction of sp³-hybridized carbons (Fsp3) is 0.800. The quantitative estimate of drug-likeness (QED) is 0.629. The van der Waals surface area contributed by atoms with Crippen LogP contribution in [0, 0.1) is 11.3 Å². The third kappa shape index (κ3) is 4.28. The summed E-state index contributed by atoms with van der Waals surface area (Å²) in [6.45, 7) is 2.20. The summed E-state index contributed by atoms with van der Waals surface area (Å²) in [4.78, 5) is 13.0. The molecule has 5 nitrogen and oxygen atoms in total. The van der Waals surface area contributed by atoms with Gasteiger partial charge < -0.3 is 14.4 Å². The molecule has 0 spiro atoms. The molecular weight excluding hydrogens is 196 g/mol. The lowest BCUT2D eigenvalue weighted by Gasteiger charge is -2.26. The smallest absolute Gasteiger partial charge is 0.224 e. The Balaban J connectivity index is 2.03. The third-order valence-electron chi connectivity index (χ3n) is 2.26.